The van der Waals surface area contributed by atoms with Crippen LogP contribution in [-0.4, -0.2) is 252 Å². The van der Waals surface area contributed by atoms with Crippen LogP contribution in [0.2, 0.25) is 0 Å². The normalized spacial score (nSPS) is 49.6. The minimum atomic E-state index is -2.32. The van der Waals surface area contributed by atoms with Crippen molar-refractivity contribution in [1.82, 2.24) is 0 Å². The Hall–Kier alpha value is -3.73. The van der Waals surface area contributed by atoms with Crippen LogP contribution in [0.25, 0.3) is 0 Å². The highest BCUT2D eigenvalue weighted by Gasteiger charge is 2.74. The fraction of sp³-hybridized carbons (Fsp3) is 0.857. The summed E-state index contributed by atoms with van der Waals surface area (Å²) in [5, 5.41) is 130. The zero-order chi connectivity index (χ0) is 67.0. The van der Waals surface area contributed by atoms with Crippen LogP contribution in [0, 0.1) is 50.2 Å². The highest BCUT2D eigenvalue weighted by atomic mass is 16.8. The molecule has 4 heterocycles. The predicted molar refractivity (Wildman–Crippen MR) is 307 cm³/mol. The van der Waals surface area contributed by atoms with E-state index in [1.54, 1.807) is 13.0 Å². The van der Waals surface area contributed by atoms with Gasteiger partial charge in [0.2, 0.25) is 0 Å². The van der Waals surface area contributed by atoms with E-state index in [9.17, 15) is 85.3 Å². The van der Waals surface area contributed by atoms with Crippen molar-refractivity contribution >= 4 is 30.2 Å². The summed E-state index contributed by atoms with van der Waals surface area (Å²) < 4.78 is 67.5. The van der Waals surface area contributed by atoms with Gasteiger partial charge in [-0.2, -0.15) is 0 Å². The van der Waals surface area contributed by atoms with Crippen LogP contribution in [-0.2, 0) is 76.1 Å². The Balaban J connectivity index is 1.06. The lowest BCUT2D eigenvalue weighted by molar-refractivity contribution is -0.400. The number of hydrogen-bond acceptors (Lipinski definition) is 27. The van der Waals surface area contributed by atoms with Crippen LogP contribution in [0.5, 0.6) is 0 Å². The molecule has 0 bridgehead atoms. The molecule has 0 spiro atoms. The lowest BCUT2D eigenvalue weighted by atomic mass is 9.33. The van der Waals surface area contributed by atoms with Gasteiger partial charge in [0.05, 0.1) is 36.8 Å². The molecular weight excluding hydrogens is 1200 g/mol. The van der Waals surface area contributed by atoms with E-state index in [1.807, 2.05) is 27.7 Å². The molecule has 4 saturated heterocycles. The summed E-state index contributed by atoms with van der Waals surface area (Å²) in [6.07, 6.45) is -31.1. The maximum Gasteiger partial charge on any atom is 0.335 e. The number of carbonyl (C=O) groups excluding carboxylic acids is 4. The molecule has 5 unspecified atom stereocenters. The molecule has 12 N–H and O–H groups in total. The first kappa shape index (κ1) is 71.6. The first-order valence-corrected chi connectivity index (χ1v) is 31.8. The van der Waals surface area contributed by atoms with E-state index >= 15 is 0 Å². The average molecular weight is 1300 g/mol. The van der Waals surface area contributed by atoms with Crippen LogP contribution in [0.4, 0.5) is 0 Å². The number of carboxylic acid groups (broad SMARTS) is 1. The van der Waals surface area contributed by atoms with Crippen molar-refractivity contribution in [2.45, 2.75) is 268 Å². The van der Waals surface area contributed by atoms with Gasteiger partial charge in [0.15, 0.2) is 31.3 Å². The number of aliphatic carboxylic acids is 1. The SMILES string of the molecule is CCC/C=C\C(=O)O[C@H]1[C@H](OC(C)=O)[C@]2(C)[C@H](OC(C)=O)C[C@]3(C)C(=CC[C@@H]4[C@@]5(C)CC[C@H](O[C@@H]6O[C@H](C(=O)O)[C@@H](O)[C@H](O[C@@H]7OC[C@H](O)[C@H](O)[C@H]7OC7OC(CO)C(O)C(O)C7O)[C@H]6O[C@@H]6O[C@H](CO)[C@H](O)[C@H](O)[C@H]6O)[C@@](C)(C=O)[C@@H]5CC[C@]43C)[C@@H]2CC1(C)C. The van der Waals surface area contributed by atoms with Gasteiger partial charge in [-0.3, -0.25) is 9.59 Å². The Morgan fingerprint density at radius 3 is 1.78 bits per heavy atom. The molecule has 8 fully saturated rings. The predicted octanol–water partition coefficient (Wildman–Crippen LogP) is -0.663. The monoisotopic (exact) mass is 1300 g/mol. The maximum atomic E-state index is 14.3. The van der Waals surface area contributed by atoms with Crippen LogP contribution >= 0.6 is 0 Å². The number of rotatable bonds is 18. The van der Waals surface area contributed by atoms with Crippen molar-refractivity contribution in [2.24, 2.45) is 50.2 Å². The minimum absolute atomic E-state index is 0.105. The second-order valence-corrected chi connectivity index (χ2v) is 28.6. The average Bonchev–Trinajstić information content (AvgIpc) is 0.670. The summed E-state index contributed by atoms with van der Waals surface area (Å²) in [6.45, 7) is 16.3. The smallest absolute Gasteiger partial charge is 0.335 e. The Bertz CT molecular complexity index is 2690. The fourth-order valence-corrected chi connectivity index (χ4v) is 17.7. The van der Waals surface area contributed by atoms with Crippen molar-refractivity contribution in [1.29, 1.82) is 0 Å². The van der Waals surface area contributed by atoms with Crippen molar-refractivity contribution in [3.8, 4) is 0 Å². The number of fused-ring (bicyclic) bond motifs is 7. The second kappa shape index (κ2) is 27.1. The quantitative estimate of drug-likeness (QED) is 0.0202. The molecule has 0 amide bonds. The molecule has 5 aliphatic carbocycles. The van der Waals surface area contributed by atoms with E-state index < -0.39 is 223 Å². The van der Waals surface area contributed by atoms with E-state index in [2.05, 4.69) is 26.8 Å². The summed E-state index contributed by atoms with van der Waals surface area (Å²) in [4.78, 5) is 67.7. The molecule has 28 nitrogen and oxygen atoms in total. The number of aldehydes is 1. The molecule has 4 saturated carbocycles. The number of aliphatic hydroxyl groups excluding tert-OH is 11. The van der Waals surface area contributed by atoms with E-state index in [0.29, 0.717) is 44.9 Å². The topological polar surface area (TPSA) is 430 Å². The first-order valence-electron chi connectivity index (χ1n) is 31.8. The molecule has 0 radical (unpaired) electrons. The van der Waals surface area contributed by atoms with Gasteiger partial charge in [0, 0.05) is 25.3 Å². The Labute approximate surface area is 528 Å². The standard InChI is InChI=1S/C63H96O28/c1-11-12-13-14-38(70)87-51-52(83-28(3)68)63(10)30(21-58(51,4)5)29-15-16-35-59(6)19-18-36(60(7,26-66)34(59)17-20-61(35,8)62(29,9)22-37(63)82-27(2)67)86-57-50(91-55-45(77)43(75)41(73)33(24-65)85-55)47(46(78)48(89-57)53(79)80)88-56-49(39(71)31(69)25-81-56)90-54-44(76)42(74)40(72)32(23-64)84-54/h13-15,26,30-37,39-52,54-57,64-65,69,71-78H,11-12,16-25H2,1-10H3,(H,79,80)/b14-13-/t30-,31-,32?,33+,34+,35+,36-,37+,39-,40?,41-,42?,43-,44?,45+,46-,47-,48-,49+,50+,51-,52-,54?,55-,56-,57+,59-,60-,61+,62+,63-/m0/s1. The van der Waals surface area contributed by atoms with Crippen LogP contribution in [0.1, 0.15) is 127 Å². The summed E-state index contributed by atoms with van der Waals surface area (Å²) in [5.41, 5.74) is -4.11. The minimum Gasteiger partial charge on any atom is -0.479 e. The summed E-state index contributed by atoms with van der Waals surface area (Å²) in [7, 11) is 0. The van der Waals surface area contributed by atoms with Crippen LogP contribution < -0.4 is 0 Å². The third-order valence-electron chi connectivity index (χ3n) is 22.8. The number of ether oxygens (including phenoxy) is 11. The van der Waals surface area contributed by atoms with Gasteiger partial charge in [0.25, 0.3) is 0 Å². The van der Waals surface area contributed by atoms with Crippen molar-refractivity contribution in [3.05, 3.63) is 23.8 Å². The van der Waals surface area contributed by atoms with Gasteiger partial charge in [-0.1, -0.05) is 79.5 Å². The number of esters is 3. The molecule has 28 heteroatoms. The Morgan fingerprint density at radius 1 is 0.626 bits per heavy atom. The van der Waals surface area contributed by atoms with Crippen LogP contribution in [0.15, 0.2) is 23.8 Å². The number of carbonyl (C=O) groups is 5. The zero-order valence-corrected chi connectivity index (χ0v) is 53.2. The molecule has 0 aromatic carbocycles. The van der Waals surface area contributed by atoms with E-state index in [4.69, 9.17) is 52.1 Å². The summed E-state index contributed by atoms with van der Waals surface area (Å²) in [6, 6.07) is 0. The third-order valence-corrected chi connectivity index (χ3v) is 22.8. The number of aliphatic hydroxyl groups is 11. The maximum absolute atomic E-state index is 14.3. The molecule has 4 aliphatic heterocycles. The van der Waals surface area contributed by atoms with Crippen molar-refractivity contribution in [2.75, 3.05) is 19.8 Å². The highest BCUT2D eigenvalue weighted by molar-refractivity contribution is 5.82. The molecule has 9 aliphatic rings. The number of allylic oxidation sites excluding steroid dienone is 3. The Kier molecular flexibility index (Phi) is 21.3. The van der Waals surface area contributed by atoms with Crippen molar-refractivity contribution in [3.63, 3.8) is 0 Å². The molecule has 91 heavy (non-hydrogen) atoms. The zero-order valence-electron chi connectivity index (χ0n) is 53.2. The highest BCUT2D eigenvalue weighted by Crippen LogP contribution is 2.76. The van der Waals surface area contributed by atoms with Gasteiger partial charge < -0.3 is 118 Å². The lowest BCUT2D eigenvalue weighted by Crippen LogP contribution is -2.71. The molecule has 0 aromatic heterocycles. The second-order valence-electron chi connectivity index (χ2n) is 28.6. The fourth-order valence-electron chi connectivity index (χ4n) is 17.7. The molecule has 9 rings (SSSR count). The number of carboxylic acids is 1. The number of hydrogen-bond donors (Lipinski definition) is 12. The largest absolute Gasteiger partial charge is 0.479 e. The van der Waals surface area contributed by atoms with Gasteiger partial charge in [0.1, 0.15) is 110 Å². The van der Waals surface area contributed by atoms with Gasteiger partial charge >= 0.3 is 23.9 Å². The summed E-state index contributed by atoms with van der Waals surface area (Å²) >= 11 is 0. The molecule has 516 valence electrons. The summed E-state index contributed by atoms with van der Waals surface area (Å²) in [5.74, 6) is -4.49. The van der Waals surface area contributed by atoms with Gasteiger partial charge in [-0.25, -0.2) is 9.59 Å². The van der Waals surface area contributed by atoms with Gasteiger partial charge in [-0.05, 0) is 85.4 Å². The van der Waals surface area contributed by atoms with Crippen LogP contribution in [0.3, 0.4) is 0 Å². The first-order chi connectivity index (χ1) is 42.6. The molecule has 31 atom stereocenters. The lowest BCUT2D eigenvalue weighted by Gasteiger charge is -2.72. The van der Waals surface area contributed by atoms with E-state index in [1.165, 1.54) is 19.9 Å². The molecule has 0 aromatic rings. The Morgan fingerprint density at radius 2 is 1.22 bits per heavy atom. The third kappa shape index (κ3) is 12.5. The van der Waals surface area contributed by atoms with Gasteiger partial charge in [-0.15, -0.1) is 0 Å². The number of unbranched alkanes of at least 4 members (excludes halogenated alkanes) is 1. The van der Waals surface area contributed by atoms with Crippen molar-refractivity contribution < 1.29 is 137 Å². The van der Waals surface area contributed by atoms with E-state index in [-0.39, 0.29) is 18.3 Å². The van der Waals surface area contributed by atoms with E-state index in [0.717, 1.165) is 18.3 Å². The molecular formula is C63H96O28.